The topological polar surface area (TPSA) is 12.5 Å². The molecule has 0 unspecified atom stereocenters. The Labute approximate surface area is 102 Å². The molecule has 0 saturated carbocycles. The largest absolute Gasteiger partial charge is 0.372 e. The van der Waals surface area contributed by atoms with Gasteiger partial charge in [-0.2, -0.15) is 0 Å². The summed E-state index contributed by atoms with van der Waals surface area (Å²) in [6.07, 6.45) is 1.40. The molecule has 1 aliphatic rings. The highest BCUT2D eigenvalue weighted by Gasteiger charge is 2.41. The maximum atomic E-state index is 5.22. The minimum absolute atomic E-state index is 0.450. The average molecular weight is 238 g/mol. The third-order valence-electron chi connectivity index (χ3n) is 3.90. The van der Waals surface area contributed by atoms with E-state index >= 15 is 0 Å². The molecule has 92 valence electrons. The van der Waals surface area contributed by atoms with Gasteiger partial charge in [0.05, 0.1) is 12.7 Å². The summed E-state index contributed by atoms with van der Waals surface area (Å²) < 4.78 is 5.22. The normalized spacial score (nSPS) is 20.2. The molecular formula is C14H26OSi. The lowest BCUT2D eigenvalue weighted by molar-refractivity contribution is 0.412. The second kappa shape index (κ2) is 5.38. The molecule has 0 aromatic heterocycles. The maximum absolute atomic E-state index is 5.22. The SMILES string of the molecule is CC(C)[Si](C#CC[C@H]1CO1)(C(C)C)C(C)C. The molecule has 0 spiro atoms. The molecule has 1 rings (SSSR count). The monoisotopic (exact) mass is 238 g/mol. The standard InChI is InChI=1S/C14H26OSi/c1-11(2)16(12(3)4,13(5)6)9-7-8-14-10-15-14/h11-14H,8,10H2,1-6H3/t14-/m0/s1. The number of rotatable bonds is 4. The van der Waals surface area contributed by atoms with Crippen LogP contribution in [0.15, 0.2) is 0 Å². The van der Waals surface area contributed by atoms with Gasteiger partial charge in [-0.15, -0.1) is 11.5 Å². The van der Waals surface area contributed by atoms with E-state index in [0.29, 0.717) is 6.10 Å². The molecule has 1 aliphatic heterocycles. The van der Waals surface area contributed by atoms with Gasteiger partial charge in [0.1, 0.15) is 8.07 Å². The Hall–Kier alpha value is -0.263. The molecule has 2 heteroatoms. The van der Waals surface area contributed by atoms with E-state index in [1.165, 1.54) is 0 Å². The first kappa shape index (κ1) is 13.8. The molecule has 16 heavy (non-hydrogen) atoms. The first-order valence-corrected chi connectivity index (χ1v) is 8.76. The number of ether oxygens (including phenoxy) is 1. The van der Waals surface area contributed by atoms with Crippen LogP contribution in [-0.4, -0.2) is 20.8 Å². The van der Waals surface area contributed by atoms with E-state index in [1.54, 1.807) is 0 Å². The van der Waals surface area contributed by atoms with Gasteiger partial charge in [-0.05, 0) is 16.6 Å². The second-order valence-electron chi connectivity index (χ2n) is 5.86. The van der Waals surface area contributed by atoms with E-state index in [1.807, 2.05) is 0 Å². The molecule has 1 fully saturated rings. The Morgan fingerprint density at radius 2 is 1.50 bits per heavy atom. The number of hydrogen-bond acceptors (Lipinski definition) is 1. The summed E-state index contributed by atoms with van der Waals surface area (Å²) in [5, 5.41) is 0. The lowest BCUT2D eigenvalue weighted by Crippen LogP contribution is -2.43. The minimum Gasteiger partial charge on any atom is -0.372 e. The summed E-state index contributed by atoms with van der Waals surface area (Å²) in [5.74, 6) is 3.42. The van der Waals surface area contributed by atoms with E-state index in [-0.39, 0.29) is 0 Å². The quantitative estimate of drug-likeness (QED) is 0.410. The van der Waals surface area contributed by atoms with Gasteiger partial charge in [-0.3, -0.25) is 0 Å². The molecule has 0 aliphatic carbocycles. The van der Waals surface area contributed by atoms with Crippen LogP contribution >= 0.6 is 0 Å². The predicted octanol–water partition coefficient (Wildman–Crippen LogP) is 4.00. The van der Waals surface area contributed by atoms with Gasteiger partial charge in [0.25, 0.3) is 0 Å². The van der Waals surface area contributed by atoms with Crippen molar-refractivity contribution in [1.29, 1.82) is 0 Å². The first-order chi connectivity index (χ1) is 7.41. The Kier molecular flexibility index (Phi) is 4.64. The molecule has 0 aromatic rings. The van der Waals surface area contributed by atoms with Crippen LogP contribution in [0.2, 0.25) is 16.6 Å². The minimum atomic E-state index is -1.48. The van der Waals surface area contributed by atoms with Crippen molar-refractivity contribution in [2.24, 2.45) is 0 Å². The van der Waals surface area contributed by atoms with E-state index in [9.17, 15) is 0 Å². The van der Waals surface area contributed by atoms with Crippen LogP contribution in [-0.2, 0) is 4.74 Å². The van der Waals surface area contributed by atoms with Gasteiger partial charge < -0.3 is 4.74 Å². The summed E-state index contributed by atoms with van der Waals surface area (Å²) >= 11 is 0. The van der Waals surface area contributed by atoms with Crippen molar-refractivity contribution in [1.82, 2.24) is 0 Å². The zero-order valence-electron chi connectivity index (χ0n) is 11.6. The lowest BCUT2D eigenvalue weighted by Gasteiger charge is -2.38. The third kappa shape index (κ3) is 2.90. The summed E-state index contributed by atoms with van der Waals surface area (Å²) in [6, 6.07) is 0. The highest BCUT2D eigenvalue weighted by molar-refractivity contribution is 6.90. The van der Waals surface area contributed by atoms with E-state index < -0.39 is 8.07 Å². The Morgan fingerprint density at radius 1 is 1.06 bits per heavy atom. The summed E-state index contributed by atoms with van der Waals surface area (Å²) in [5.41, 5.74) is 5.92. The molecule has 0 bridgehead atoms. The van der Waals surface area contributed by atoms with Crippen LogP contribution in [0.5, 0.6) is 0 Å². The second-order valence-corrected chi connectivity index (χ2v) is 11.4. The molecule has 1 atom stereocenters. The van der Waals surface area contributed by atoms with Crippen LogP contribution in [0.3, 0.4) is 0 Å². The van der Waals surface area contributed by atoms with Gasteiger partial charge in [0, 0.05) is 6.42 Å². The fourth-order valence-electron chi connectivity index (χ4n) is 2.94. The van der Waals surface area contributed by atoms with E-state index in [0.717, 1.165) is 29.7 Å². The lowest BCUT2D eigenvalue weighted by atomic mass is 10.3. The Bertz CT molecular complexity index is 257. The Balaban J connectivity index is 2.84. The van der Waals surface area contributed by atoms with Crippen molar-refractivity contribution >= 4 is 8.07 Å². The van der Waals surface area contributed by atoms with Crippen molar-refractivity contribution in [3.8, 4) is 11.5 Å². The predicted molar refractivity (Wildman–Crippen MR) is 73.2 cm³/mol. The van der Waals surface area contributed by atoms with Crippen molar-refractivity contribution in [2.45, 2.75) is 70.7 Å². The molecule has 1 heterocycles. The molecule has 0 radical (unpaired) electrons. The van der Waals surface area contributed by atoms with Gasteiger partial charge in [-0.25, -0.2) is 0 Å². The summed E-state index contributed by atoms with van der Waals surface area (Å²) in [7, 11) is -1.48. The Morgan fingerprint density at radius 3 is 1.81 bits per heavy atom. The fraction of sp³-hybridized carbons (Fsp3) is 0.857. The zero-order valence-corrected chi connectivity index (χ0v) is 12.6. The molecule has 0 N–H and O–H groups in total. The van der Waals surface area contributed by atoms with Crippen LogP contribution in [0.1, 0.15) is 48.0 Å². The average Bonchev–Trinajstić information content (AvgIpc) is 2.93. The van der Waals surface area contributed by atoms with Gasteiger partial charge in [-0.1, -0.05) is 41.5 Å². The summed E-state index contributed by atoms with van der Waals surface area (Å²) in [4.78, 5) is 0. The van der Waals surface area contributed by atoms with Gasteiger partial charge >= 0.3 is 0 Å². The van der Waals surface area contributed by atoms with Crippen LogP contribution < -0.4 is 0 Å². The van der Waals surface area contributed by atoms with Crippen molar-refractivity contribution < 1.29 is 4.74 Å². The molecule has 0 aromatic carbocycles. The van der Waals surface area contributed by atoms with Crippen LogP contribution in [0.4, 0.5) is 0 Å². The molecular weight excluding hydrogens is 212 g/mol. The van der Waals surface area contributed by atoms with Crippen LogP contribution in [0, 0.1) is 11.5 Å². The number of epoxide rings is 1. The van der Waals surface area contributed by atoms with Crippen molar-refractivity contribution in [2.75, 3.05) is 6.61 Å². The highest BCUT2D eigenvalue weighted by atomic mass is 28.3. The highest BCUT2D eigenvalue weighted by Crippen LogP contribution is 2.40. The third-order valence-corrected chi connectivity index (χ3v) is 10.2. The van der Waals surface area contributed by atoms with Crippen molar-refractivity contribution in [3.63, 3.8) is 0 Å². The maximum Gasteiger partial charge on any atom is 0.145 e. The molecule has 1 saturated heterocycles. The van der Waals surface area contributed by atoms with Gasteiger partial charge in [0.2, 0.25) is 0 Å². The van der Waals surface area contributed by atoms with Gasteiger partial charge in [0.15, 0.2) is 0 Å². The molecule has 1 nitrogen and oxygen atoms in total. The van der Waals surface area contributed by atoms with Crippen molar-refractivity contribution in [3.05, 3.63) is 0 Å². The summed E-state index contributed by atoms with van der Waals surface area (Å²) in [6.45, 7) is 15.1. The molecule has 0 amide bonds. The zero-order chi connectivity index (χ0) is 12.3. The fourth-order valence-corrected chi connectivity index (χ4v) is 8.21. The smallest absolute Gasteiger partial charge is 0.145 e. The van der Waals surface area contributed by atoms with E-state index in [2.05, 4.69) is 53.0 Å². The first-order valence-electron chi connectivity index (χ1n) is 6.52. The van der Waals surface area contributed by atoms with Crippen LogP contribution in [0.25, 0.3) is 0 Å². The number of hydrogen-bond donors (Lipinski definition) is 0. The van der Waals surface area contributed by atoms with E-state index in [4.69, 9.17) is 4.74 Å².